The van der Waals surface area contributed by atoms with Crippen LogP contribution in [0, 0.1) is 12.3 Å². The molecule has 0 rings (SSSR count). The van der Waals surface area contributed by atoms with Crippen LogP contribution in [-0.4, -0.2) is 37.0 Å². The summed E-state index contributed by atoms with van der Waals surface area (Å²) in [6, 6.07) is 0. The predicted octanol–water partition coefficient (Wildman–Crippen LogP) is 0.466. The van der Waals surface area contributed by atoms with Crippen LogP contribution in [0.15, 0.2) is 0 Å². The van der Waals surface area contributed by atoms with Crippen molar-refractivity contribution >= 4 is 5.91 Å². The van der Waals surface area contributed by atoms with Gasteiger partial charge in [0.1, 0.15) is 0 Å². The van der Waals surface area contributed by atoms with Crippen LogP contribution in [0.4, 0.5) is 0 Å². The average molecular weight is 182 g/mol. The second-order valence-corrected chi connectivity index (χ2v) is 3.73. The molecule has 3 heteroatoms. The molecule has 0 aliphatic rings. The highest BCUT2D eigenvalue weighted by atomic mass is 16.2. The maximum Gasteiger partial charge on any atom is 0.223 e. The minimum absolute atomic E-state index is 0.111. The van der Waals surface area contributed by atoms with Crippen LogP contribution in [0.1, 0.15) is 20.3 Å². The van der Waals surface area contributed by atoms with E-state index in [1.54, 1.807) is 19.0 Å². The fourth-order valence-electron chi connectivity index (χ4n) is 0.757. The van der Waals surface area contributed by atoms with Gasteiger partial charge in [-0.2, -0.15) is 0 Å². The van der Waals surface area contributed by atoms with Crippen LogP contribution in [0.25, 0.3) is 0 Å². The van der Waals surface area contributed by atoms with Gasteiger partial charge in [0.25, 0.3) is 0 Å². The highest BCUT2D eigenvalue weighted by molar-refractivity contribution is 5.75. The van der Waals surface area contributed by atoms with Crippen molar-refractivity contribution < 1.29 is 4.79 Å². The molecule has 0 radical (unpaired) electrons. The van der Waals surface area contributed by atoms with Crippen LogP contribution in [0.2, 0.25) is 0 Å². The zero-order valence-corrected chi connectivity index (χ0v) is 8.85. The molecule has 3 nitrogen and oxygen atoms in total. The fourth-order valence-corrected chi connectivity index (χ4v) is 0.757. The number of carbonyl (C=O) groups is 1. The standard InChI is InChI=1S/C10H18N2O/c1-6-10(2,3)11-8-7-9(13)12(4)5/h1,11H,7-8H2,2-5H3. The van der Waals surface area contributed by atoms with Gasteiger partial charge in [0.05, 0.1) is 5.54 Å². The van der Waals surface area contributed by atoms with Gasteiger partial charge < -0.3 is 10.2 Å². The van der Waals surface area contributed by atoms with Crippen LogP contribution in [0.3, 0.4) is 0 Å². The summed E-state index contributed by atoms with van der Waals surface area (Å²) in [6.07, 6.45) is 5.76. The average Bonchev–Trinajstić information content (AvgIpc) is 2.04. The minimum atomic E-state index is -0.327. The van der Waals surface area contributed by atoms with Crippen molar-refractivity contribution in [3.8, 4) is 12.3 Å². The molecule has 0 aliphatic carbocycles. The lowest BCUT2D eigenvalue weighted by molar-refractivity contribution is -0.128. The topological polar surface area (TPSA) is 32.3 Å². The van der Waals surface area contributed by atoms with Crippen LogP contribution in [0.5, 0.6) is 0 Å². The lowest BCUT2D eigenvalue weighted by Gasteiger charge is -2.19. The van der Waals surface area contributed by atoms with E-state index in [1.165, 1.54) is 0 Å². The zero-order valence-electron chi connectivity index (χ0n) is 8.85. The largest absolute Gasteiger partial charge is 0.349 e. The van der Waals surface area contributed by atoms with Gasteiger partial charge in [-0.05, 0) is 13.8 Å². The molecule has 0 atom stereocenters. The molecular formula is C10H18N2O. The van der Waals surface area contributed by atoms with Gasteiger partial charge >= 0.3 is 0 Å². The molecule has 74 valence electrons. The Morgan fingerprint density at radius 3 is 2.46 bits per heavy atom. The summed E-state index contributed by atoms with van der Waals surface area (Å²) in [7, 11) is 3.49. The third-order valence-electron chi connectivity index (χ3n) is 1.77. The molecule has 0 fully saturated rings. The van der Waals surface area contributed by atoms with Crippen molar-refractivity contribution in [1.82, 2.24) is 10.2 Å². The Balaban J connectivity index is 3.70. The molecule has 0 aromatic carbocycles. The first-order valence-electron chi connectivity index (χ1n) is 4.32. The van der Waals surface area contributed by atoms with Crippen molar-refractivity contribution in [2.45, 2.75) is 25.8 Å². The molecule has 13 heavy (non-hydrogen) atoms. The molecule has 0 heterocycles. The second-order valence-electron chi connectivity index (χ2n) is 3.73. The number of hydrogen-bond acceptors (Lipinski definition) is 2. The van der Waals surface area contributed by atoms with E-state index in [9.17, 15) is 4.79 Å². The lowest BCUT2D eigenvalue weighted by Crippen LogP contribution is -2.39. The predicted molar refractivity (Wildman–Crippen MR) is 54.2 cm³/mol. The number of nitrogens with zero attached hydrogens (tertiary/aromatic N) is 1. The number of rotatable bonds is 4. The second kappa shape index (κ2) is 4.88. The first-order valence-corrected chi connectivity index (χ1v) is 4.32. The summed E-state index contributed by atoms with van der Waals surface area (Å²) in [5.74, 6) is 2.72. The molecule has 0 spiro atoms. The minimum Gasteiger partial charge on any atom is -0.349 e. The van der Waals surface area contributed by atoms with Crippen molar-refractivity contribution in [2.75, 3.05) is 20.6 Å². The molecule has 0 bridgehead atoms. The van der Waals surface area contributed by atoms with E-state index >= 15 is 0 Å². The van der Waals surface area contributed by atoms with Crippen molar-refractivity contribution in [3.63, 3.8) is 0 Å². The summed E-state index contributed by atoms with van der Waals surface area (Å²) >= 11 is 0. The number of amides is 1. The van der Waals surface area contributed by atoms with Crippen LogP contribution in [-0.2, 0) is 4.79 Å². The lowest BCUT2D eigenvalue weighted by atomic mass is 10.1. The number of nitrogens with one attached hydrogen (secondary N) is 1. The van der Waals surface area contributed by atoms with Crippen molar-refractivity contribution in [1.29, 1.82) is 0 Å². The summed E-state index contributed by atoms with van der Waals surface area (Å²) in [5, 5.41) is 3.11. The third kappa shape index (κ3) is 5.26. The normalized spacial score (nSPS) is 10.7. The molecule has 0 unspecified atom stereocenters. The Bertz CT molecular complexity index is 213. The van der Waals surface area contributed by atoms with Gasteiger partial charge in [0.15, 0.2) is 0 Å². The van der Waals surface area contributed by atoms with E-state index in [1.807, 2.05) is 13.8 Å². The summed E-state index contributed by atoms with van der Waals surface area (Å²) in [5.41, 5.74) is -0.327. The van der Waals surface area contributed by atoms with Gasteiger partial charge in [0.2, 0.25) is 5.91 Å². The number of carbonyl (C=O) groups excluding carboxylic acids is 1. The Hall–Kier alpha value is -1.01. The molecule has 0 saturated heterocycles. The summed E-state index contributed by atoms with van der Waals surface area (Å²) < 4.78 is 0. The smallest absolute Gasteiger partial charge is 0.223 e. The van der Waals surface area contributed by atoms with Gasteiger partial charge in [0, 0.05) is 27.1 Å². The van der Waals surface area contributed by atoms with E-state index < -0.39 is 0 Å². The van der Waals surface area contributed by atoms with Crippen molar-refractivity contribution in [2.24, 2.45) is 0 Å². The van der Waals surface area contributed by atoms with Crippen LogP contribution < -0.4 is 5.32 Å². The van der Waals surface area contributed by atoms with Gasteiger partial charge in [-0.25, -0.2) is 0 Å². The van der Waals surface area contributed by atoms with Crippen LogP contribution >= 0.6 is 0 Å². The third-order valence-corrected chi connectivity index (χ3v) is 1.77. The first-order chi connectivity index (χ1) is 5.89. The molecule has 0 aliphatic heterocycles. The monoisotopic (exact) mass is 182 g/mol. The Morgan fingerprint density at radius 1 is 1.54 bits per heavy atom. The van der Waals surface area contributed by atoms with Gasteiger partial charge in [-0.1, -0.05) is 5.92 Å². The zero-order chi connectivity index (χ0) is 10.5. The SMILES string of the molecule is C#CC(C)(C)NCCC(=O)N(C)C. The summed E-state index contributed by atoms with van der Waals surface area (Å²) in [6.45, 7) is 4.44. The van der Waals surface area contributed by atoms with E-state index in [-0.39, 0.29) is 11.4 Å². The Labute approximate surface area is 80.5 Å². The highest BCUT2D eigenvalue weighted by Crippen LogP contribution is 1.98. The molecule has 0 aromatic rings. The van der Waals surface area contributed by atoms with E-state index in [2.05, 4.69) is 11.2 Å². The summed E-state index contributed by atoms with van der Waals surface area (Å²) in [4.78, 5) is 12.7. The maximum absolute atomic E-state index is 11.2. The number of terminal acetylenes is 1. The maximum atomic E-state index is 11.2. The van der Waals surface area contributed by atoms with Gasteiger partial charge in [-0.15, -0.1) is 6.42 Å². The van der Waals surface area contributed by atoms with Crippen molar-refractivity contribution in [3.05, 3.63) is 0 Å². The highest BCUT2D eigenvalue weighted by Gasteiger charge is 2.12. The molecule has 0 aromatic heterocycles. The van der Waals surface area contributed by atoms with Gasteiger partial charge in [-0.3, -0.25) is 4.79 Å². The Kier molecular flexibility index (Phi) is 4.50. The Morgan fingerprint density at radius 2 is 2.08 bits per heavy atom. The molecule has 1 amide bonds. The molecule has 1 N–H and O–H groups in total. The quantitative estimate of drug-likeness (QED) is 0.641. The van der Waals surface area contributed by atoms with E-state index in [0.717, 1.165) is 0 Å². The number of hydrogen-bond donors (Lipinski definition) is 1. The van der Waals surface area contributed by atoms with E-state index in [0.29, 0.717) is 13.0 Å². The molecule has 0 saturated carbocycles. The first kappa shape index (κ1) is 12.0. The molecular weight excluding hydrogens is 164 g/mol. The fraction of sp³-hybridized carbons (Fsp3) is 0.700. The van der Waals surface area contributed by atoms with E-state index in [4.69, 9.17) is 6.42 Å².